The van der Waals surface area contributed by atoms with Gasteiger partial charge in [0.05, 0.1) is 13.1 Å². The first-order chi connectivity index (χ1) is 17.7. The fourth-order valence-electron chi connectivity index (χ4n) is 4.62. The third-order valence-electron chi connectivity index (χ3n) is 6.28. The lowest BCUT2D eigenvalue weighted by atomic mass is 10.1. The van der Waals surface area contributed by atoms with E-state index in [4.69, 9.17) is 9.47 Å². The third-order valence-corrected chi connectivity index (χ3v) is 6.28. The zero-order chi connectivity index (χ0) is 28.1. The van der Waals surface area contributed by atoms with Gasteiger partial charge in [0.15, 0.2) is 0 Å². The predicted molar refractivity (Wildman–Crippen MR) is 145 cm³/mol. The van der Waals surface area contributed by atoms with Crippen LogP contribution in [0.4, 0.5) is 11.4 Å². The van der Waals surface area contributed by atoms with Gasteiger partial charge in [-0.1, -0.05) is 0 Å². The van der Waals surface area contributed by atoms with E-state index in [0.29, 0.717) is 25.9 Å². The Morgan fingerprint density at radius 3 is 1.37 bits per heavy atom. The summed E-state index contributed by atoms with van der Waals surface area (Å²) in [6.07, 6.45) is 2.75. The number of hydrogen-bond acceptors (Lipinski definition) is 8. The van der Waals surface area contributed by atoms with Crippen molar-refractivity contribution in [2.75, 3.05) is 36.8 Å². The standard InChI is InChI=1S/C28H42N4O6/c1-27(2,3)37-25(35)21-9-7-15-31(21)23(33)17-29-19-11-13-20(14-12-19)30-18-24(34)32-16-8-10-22(32)26(36)38-28(4,5)6/h11-14,21-22,29-30H,7-10,15-18H2,1-6H3. The number of anilines is 2. The lowest BCUT2D eigenvalue weighted by molar-refractivity contribution is -0.163. The van der Waals surface area contributed by atoms with Gasteiger partial charge in [-0.15, -0.1) is 0 Å². The van der Waals surface area contributed by atoms with E-state index in [-0.39, 0.29) is 36.8 Å². The molecule has 10 heteroatoms. The van der Waals surface area contributed by atoms with Crippen molar-refractivity contribution in [2.24, 2.45) is 0 Å². The van der Waals surface area contributed by atoms with Crippen molar-refractivity contribution in [2.45, 2.75) is 90.5 Å². The number of carbonyl (C=O) groups excluding carboxylic acids is 4. The van der Waals surface area contributed by atoms with Crippen molar-refractivity contribution in [1.82, 2.24) is 9.80 Å². The molecular weight excluding hydrogens is 488 g/mol. The Hall–Kier alpha value is -3.30. The minimum atomic E-state index is -0.596. The topological polar surface area (TPSA) is 117 Å². The second-order valence-electron chi connectivity index (χ2n) is 11.8. The summed E-state index contributed by atoms with van der Waals surface area (Å²) < 4.78 is 11.0. The van der Waals surface area contributed by atoms with Crippen molar-refractivity contribution >= 4 is 35.1 Å². The molecule has 0 radical (unpaired) electrons. The summed E-state index contributed by atoms with van der Waals surface area (Å²) in [7, 11) is 0. The summed E-state index contributed by atoms with van der Waals surface area (Å²) in [6, 6.07) is 6.17. The van der Waals surface area contributed by atoms with Crippen molar-refractivity contribution < 1.29 is 28.7 Å². The van der Waals surface area contributed by atoms with Gasteiger partial charge in [-0.05, 0) is 91.5 Å². The molecule has 2 heterocycles. The van der Waals surface area contributed by atoms with E-state index >= 15 is 0 Å². The lowest BCUT2D eigenvalue weighted by Crippen LogP contribution is -2.45. The molecule has 1 aromatic carbocycles. The average Bonchev–Trinajstić information content (AvgIpc) is 3.50. The van der Waals surface area contributed by atoms with E-state index in [1.807, 2.05) is 65.8 Å². The Morgan fingerprint density at radius 1 is 0.711 bits per heavy atom. The Balaban J connectivity index is 1.46. The molecule has 2 unspecified atom stereocenters. The van der Waals surface area contributed by atoms with Gasteiger partial charge in [-0.3, -0.25) is 9.59 Å². The fourth-order valence-corrected chi connectivity index (χ4v) is 4.62. The quantitative estimate of drug-likeness (QED) is 0.492. The first-order valence-electron chi connectivity index (χ1n) is 13.4. The molecule has 2 amide bonds. The molecule has 210 valence electrons. The number of amides is 2. The van der Waals surface area contributed by atoms with E-state index in [1.165, 1.54) is 0 Å². The van der Waals surface area contributed by atoms with Gasteiger partial charge in [-0.25, -0.2) is 9.59 Å². The zero-order valence-corrected chi connectivity index (χ0v) is 23.5. The highest BCUT2D eigenvalue weighted by Gasteiger charge is 2.37. The fraction of sp³-hybridized carbons (Fsp3) is 0.643. The highest BCUT2D eigenvalue weighted by Crippen LogP contribution is 2.23. The van der Waals surface area contributed by atoms with Crippen LogP contribution < -0.4 is 10.6 Å². The van der Waals surface area contributed by atoms with Crippen LogP contribution in [0.3, 0.4) is 0 Å². The second-order valence-corrected chi connectivity index (χ2v) is 11.8. The number of benzene rings is 1. The van der Waals surface area contributed by atoms with E-state index in [1.54, 1.807) is 9.80 Å². The number of ether oxygens (including phenoxy) is 2. The Labute approximate surface area is 225 Å². The maximum absolute atomic E-state index is 12.8. The lowest BCUT2D eigenvalue weighted by Gasteiger charge is -2.27. The summed E-state index contributed by atoms with van der Waals surface area (Å²) in [5.74, 6) is -1.04. The maximum Gasteiger partial charge on any atom is 0.329 e. The molecule has 3 rings (SSSR count). The zero-order valence-electron chi connectivity index (χ0n) is 23.5. The van der Waals surface area contributed by atoms with Gasteiger partial charge in [0.2, 0.25) is 11.8 Å². The number of nitrogens with zero attached hydrogens (tertiary/aromatic N) is 2. The molecule has 0 aliphatic carbocycles. The molecule has 2 saturated heterocycles. The average molecular weight is 531 g/mol. The van der Waals surface area contributed by atoms with Crippen LogP contribution in [0.15, 0.2) is 24.3 Å². The molecule has 1 aromatic rings. The molecule has 0 aromatic heterocycles. The molecule has 0 saturated carbocycles. The monoisotopic (exact) mass is 530 g/mol. The van der Waals surface area contributed by atoms with Crippen molar-refractivity contribution in [3.63, 3.8) is 0 Å². The number of likely N-dealkylation sites (tertiary alicyclic amines) is 2. The number of nitrogens with one attached hydrogen (secondary N) is 2. The van der Waals surface area contributed by atoms with Crippen LogP contribution in [0.1, 0.15) is 67.2 Å². The number of esters is 2. The second kappa shape index (κ2) is 12.0. The van der Waals surface area contributed by atoms with Crippen molar-refractivity contribution in [3.05, 3.63) is 24.3 Å². The maximum atomic E-state index is 12.8. The van der Waals surface area contributed by atoms with Gasteiger partial charge < -0.3 is 29.9 Å². The van der Waals surface area contributed by atoms with E-state index in [9.17, 15) is 19.2 Å². The van der Waals surface area contributed by atoms with Crippen LogP contribution in [0, 0.1) is 0 Å². The van der Waals surface area contributed by atoms with Crippen molar-refractivity contribution in [1.29, 1.82) is 0 Å². The summed E-state index contributed by atoms with van der Waals surface area (Å²) in [4.78, 5) is 53.7. The van der Waals surface area contributed by atoms with E-state index in [2.05, 4.69) is 10.6 Å². The van der Waals surface area contributed by atoms with Crippen LogP contribution in [0.5, 0.6) is 0 Å². The highest BCUT2D eigenvalue weighted by molar-refractivity contribution is 5.88. The van der Waals surface area contributed by atoms with Crippen LogP contribution in [0.2, 0.25) is 0 Å². The van der Waals surface area contributed by atoms with E-state index in [0.717, 1.165) is 24.2 Å². The summed E-state index contributed by atoms with van der Waals surface area (Å²) >= 11 is 0. The number of hydrogen-bond donors (Lipinski definition) is 2. The minimum absolute atomic E-state index is 0.0611. The molecule has 2 N–H and O–H groups in total. The molecule has 2 aliphatic heterocycles. The molecule has 2 fully saturated rings. The Morgan fingerprint density at radius 2 is 1.05 bits per heavy atom. The molecule has 0 spiro atoms. The summed E-state index contributed by atoms with van der Waals surface area (Å²) in [5, 5.41) is 6.21. The molecule has 2 aliphatic rings. The Bertz CT molecular complexity index is 931. The van der Waals surface area contributed by atoms with Gasteiger partial charge in [0.1, 0.15) is 23.3 Å². The van der Waals surface area contributed by atoms with Crippen LogP contribution >= 0.6 is 0 Å². The van der Waals surface area contributed by atoms with Gasteiger partial charge >= 0.3 is 11.9 Å². The molecular formula is C28H42N4O6. The smallest absolute Gasteiger partial charge is 0.329 e. The van der Waals surface area contributed by atoms with Crippen LogP contribution in [0.25, 0.3) is 0 Å². The minimum Gasteiger partial charge on any atom is -0.458 e. The van der Waals surface area contributed by atoms with Crippen LogP contribution in [-0.2, 0) is 28.7 Å². The summed E-state index contributed by atoms with van der Waals surface area (Å²) in [6.45, 7) is 12.1. The van der Waals surface area contributed by atoms with Crippen molar-refractivity contribution in [3.8, 4) is 0 Å². The van der Waals surface area contributed by atoms with Gasteiger partial charge in [-0.2, -0.15) is 0 Å². The first-order valence-corrected chi connectivity index (χ1v) is 13.4. The highest BCUT2D eigenvalue weighted by atomic mass is 16.6. The molecule has 0 bridgehead atoms. The first kappa shape index (κ1) is 29.3. The number of carbonyl (C=O) groups is 4. The third kappa shape index (κ3) is 8.36. The van der Waals surface area contributed by atoms with E-state index < -0.39 is 23.3 Å². The normalized spacial score (nSPS) is 19.7. The molecule has 2 atom stereocenters. The number of rotatable bonds is 8. The van der Waals surface area contributed by atoms with Gasteiger partial charge in [0, 0.05) is 24.5 Å². The van der Waals surface area contributed by atoms with Gasteiger partial charge in [0.25, 0.3) is 0 Å². The van der Waals surface area contributed by atoms with Crippen LogP contribution in [-0.4, -0.2) is 83.0 Å². The SMILES string of the molecule is CC(C)(C)OC(=O)C1CCCN1C(=O)CNc1ccc(NCC(=O)N2CCCC2C(=O)OC(C)(C)C)cc1. The molecule has 10 nitrogen and oxygen atoms in total. The predicted octanol–water partition coefficient (Wildman–Crippen LogP) is 3.18. The summed E-state index contributed by atoms with van der Waals surface area (Å²) in [5.41, 5.74) is 0.295. The Kier molecular flexibility index (Phi) is 9.27. The largest absolute Gasteiger partial charge is 0.458 e. The molecule has 38 heavy (non-hydrogen) atoms.